The number of carbonyl (C=O) groups excluding carboxylic acids is 1. The molecule has 0 spiro atoms. The number of hydrogen-bond acceptors (Lipinski definition) is 3. The molecule has 6 heteroatoms. The van der Waals surface area contributed by atoms with Crippen molar-refractivity contribution in [1.82, 2.24) is 15.0 Å². The molecule has 5 nitrogen and oxygen atoms in total. The van der Waals surface area contributed by atoms with Crippen LogP contribution in [0.15, 0.2) is 42.5 Å². The molecule has 0 aliphatic carbocycles. The molecule has 1 N–H and O–H groups in total. The molecule has 1 heterocycles. The Labute approximate surface area is 120 Å². The number of rotatable bonds is 3. The zero-order valence-electron chi connectivity index (χ0n) is 11.4. The number of amides is 1. The summed E-state index contributed by atoms with van der Waals surface area (Å²) in [4.78, 5) is 12.2. The van der Waals surface area contributed by atoms with Crippen molar-refractivity contribution >= 4 is 22.6 Å². The second-order valence-electron chi connectivity index (χ2n) is 4.57. The maximum absolute atomic E-state index is 13.1. The molecule has 21 heavy (non-hydrogen) atoms. The number of hydrogen-bond donors (Lipinski definition) is 1. The molecule has 0 saturated heterocycles. The molecule has 0 aliphatic rings. The zero-order chi connectivity index (χ0) is 14.8. The van der Waals surface area contributed by atoms with Crippen molar-refractivity contribution in [3.63, 3.8) is 0 Å². The molecule has 2 aromatic carbocycles. The van der Waals surface area contributed by atoms with Gasteiger partial charge in [0.15, 0.2) is 0 Å². The Morgan fingerprint density at radius 3 is 2.90 bits per heavy atom. The van der Waals surface area contributed by atoms with Crippen LogP contribution in [0.1, 0.15) is 17.3 Å². The van der Waals surface area contributed by atoms with Crippen LogP contribution >= 0.6 is 0 Å². The van der Waals surface area contributed by atoms with Crippen LogP contribution in [0.3, 0.4) is 0 Å². The number of aromatic nitrogens is 3. The molecule has 0 unspecified atom stereocenters. The van der Waals surface area contributed by atoms with Crippen molar-refractivity contribution in [3.8, 4) is 0 Å². The van der Waals surface area contributed by atoms with Gasteiger partial charge in [-0.2, -0.15) is 0 Å². The summed E-state index contributed by atoms with van der Waals surface area (Å²) in [5.41, 5.74) is 2.40. The van der Waals surface area contributed by atoms with Gasteiger partial charge in [-0.25, -0.2) is 9.07 Å². The van der Waals surface area contributed by atoms with Gasteiger partial charge in [-0.15, -0.1) is 5.10 Å². The first-order valence-corrected chi connectivity index (χ1v) is 6.57. The van der Waals surface area contributed by atoms with Crippen molar-refractivity contribution in [2.45, 2.75) is 13.5 Å². The number of carbonyl (C=O) groups is 1. The van der Waals surface area contributed by atoms with Crippen LogP contribution in [0.25, 0.3) is 11.0 Å². The van der Waals surface area contributed by atoms with Crippen LogP contribution in [0, 0.1) is 5.82 Å². The minimum Gasteiger partial charge on any atom is -0.322 e. The van der Waals surface area contributed by atoms with Crippen molar-refractivity contribution in [2.75, 3.05) is 5.32 Å². The number of aryl methyl sites for hydroxylation is 1. The Morgan fingerprint density at radius 2 is 2.14 bits per heavy atom. The highest BCUT2D eigenvalue weighted by molar-refractivity contribution is 6.05. The summed E-state index contributed by atoms with van der Waals surface area (Å²) in [5.74, 6) is -0.706. The van der Waals surface area contributed by atoms with E-state index in [1.165, 1.54) is 12.1 Å². The van der Waals surface area contributed by atoms with Crippen molar-refractivity contribution in [1.29, 1.82) is 0 Å². The Hall–Kier alpha value is -2.76. The zero-order valence-corrected chi connectivity index (χ0v) is 11.4. The molecule has 106 valence electrons. The quantitative estimate of drug-likeness (QED) is 0.804. The first kappa shape index (κ1) is 13.2. The monoisotopic (exact) mass is 284 g/mol. The van der Waals surface area contributed by atoms with E-state index in [1.807, 2.05) is 6.92 Å². The molecule has 3 aromatic rings. The Balaban J connectivity index is 1.87. The molecule has 1 aromatic heterocycles. The summed E-state index contributed by atoms with van der Waals surface area (Å²) in [6.45, 7) is 2.68. The van der Waals surface area contributed by atoms with Gasteiger partial charge in [0.05, 0.1) is 5.52 Å². The normalized spacial score (nSPS) is 10.8. The molecular weight excluding hydrogens is 271 g/mol. The highest BCUT2D eigenvalue weighted by Gasteiger charge is 2.10. The van der Waals surface area contributed by atoms with E-state index in [4.69, 9.17) is 0 Å². The fourth-order valence-corrected chi connectivity index (χ4v) is 2.12. The summed E-state index contributed by atoms with van der Waals surface area (Å²) in [7, 11) is 0. The average molecular weight is 284 g/mol. The molecule has 0 aliphatic heterocycles. The smallest absolute Gasteiger partial charge is 0.255 e. The number of halogens is 1. The van der Waals surface area contributed by atoms with E-state index in [-0.39, 0.29) is 5.91 Å². The van der Waals surface area contributed by atoms with E-state index < -0.39 is 5.82 Å². The summed E-state index contributed by atoms with van der Waals surface area (Å²) in [6.07, 6.45) is 0. The maximum Gasteiger partial charge on any atom is 0.255 e. The van der Waals surface area contributed by atoms with Crippen LogP contribution in [0.5, 0.6) is 0 Å². The molecule has 0 saturated carbocycles. The lowest BCUT2D eigenvalue weighted by Crippen LogP contribution is -2.11. The fourth-order valence-electron chi connectivity index (χ4n) is 2.12. The predicted octanol–water partition coefficient (Wildman–Crippen LogP) is 2.84. The number of anilines is 1. The Morgan fingerprint density at radius 1 is 1.29 bits per heavy atom. The van der Waals surface area contributed by atoms with Crippen LogP contribution in [-0.4, -0.2) is 20.9 Å². The maximum atomic E-state index is 13.1. The minimum atomic E-state index is -0.394. The second-order valence-corrected chi connectivity index (χ2v) is 4.57. The molecule has 0 atom stereocenters. The minimum absolute atomic E-state index is 0.312. The van der Waals surface area contributed by atoms with E-state index in [9.17, 15) is 9.18 Å². The van der Waals surface area contributed by atoms with Gasteiger partial charge in [0.2, 0.25) is 0 Å². The molecule has 1 amide bonds. The van der Waals surface area contributed by atoms with Gasteiger partial charge in [-0.05, 0) is 43.3 Å². The number of nitrogens with zero attached hydrogens (tertiary/aromatic N) is 3. The lowest BCUT2D eigenvalue weighted by atomic mass is 10.2. The summed E-state index contributed by atoms with van der Waals surface area (Å²) in [6, 6.07) is 10.9. The first-order valence-electron chi connectivity index (χ1n) is 6.57. The summed E-state index contributed by atoms with van der Waals surface area (Å²) in [5, 5.41) is 10.7. The van der Waals surface area contributed by atoms with E-state index in [0.29, 0.717) is 23.3 Å². The Kier molecular flexibility index (Phi) is 3.35. The van der Waals surface area contributed by atoms with Gasteiger partial charge in [-0.3, -0.25) is 4.79 Å². The molecule has 3 rings (SSSR count). The van der Waals surface area contributed by atoms with Crippen LogP contribution in [0.2, 0.25) is 0 Å². The van der Waals surface area contributed by atoms with Crippen molar-refractivity contribution in [3.05, 3.63) is 53.8 Å². The van der Waals surface area contributed by atoms with E-state index >= 15 is 0 Å². The number of nitrogens with one attached hydrogen (secondary N) is 1. The third kappa shape index (κ3) is 2.60. The van der Waals surface area contributed by atoms with Gasteiger partial charge in [0.1, 0.15) is 11.3 Å². The third-order valence-electron chi connectivity index (χ3n) is 3.16. The summed E-state index contributed by atoms with van der Waals surface area (Å²) >= 11 is 0. The highest BCUT2D eigenvalue weighted by atomic mass is 19.1. The van der Waals surface area contributed by atoms with Crippen LogP contribution < -0.4 is 5.32 Å². The molecule has 0 radical (unpaired) electrons. The van der Waals surface area contributed by atoms with Gasteiger partial charge in [0.25, 0.3) is 5.91 Å². The van der Waals surface area contributed by atoms with Gasteiger partial charge >= 0.3 is 0 Å². The topological polar surface area (TPSA) is 59.8 Å². The third-order valence-corrected chi connectivity index (χ3v) is 3.16. The van der Waals surface area contributed by atoms with Gasteiger partial charge < -0.3 is 5.32 Å². The van der Waals surface area contributed by atoms with Gasteiger partial charge in [0, 0.05) is 17.8 Å². The van der Waals surface area contributed by atoms with Gasteiger partial charge in [-0.1, -0.05) is 11.3 Å². The van der Waals surface area contributed by atoms with Crippen LogP contribution in [-0.2, 0) is 6.54 Å². The number of benzene rings is 2. The lowest BCUT2D eigenvalue weighted by molar-refractivity contribution is 0.102. The number of fused-ring (bicyclic) bond motifs is 1. The van der Waals surface area contributed by atoms with E-state index in [2.05, 4.69) is 15.6 Å². The fraction of sp³-hybridized carbons (Fsp3) is 0.133. The SMILES string of the molecule is CCn1nnc2cc(C(=O)Nc3cccc(F)c3)ccc21. The van der Waals surface area contributed by atoms with Crippen molar-refractivity contribution < 1.29 is 9.18 Å². The second kappa shape index (κ2) is 5.32. The van der Waals surface area contributed by atoms with E-state index in [0.717, 1.165) is 5.52 Å². The molecule has 0 bridgehead atoms. The van der Waals surface area contributed by atoms with Crippen molar-refractivity contribution in [2.24, 2.45) is 0 Å². The predicted molar refractivity (Wildman–Crippen MR) is 77.6 cm³/mol. The lowest BCUT2D eigenvalue weighted by Gasteiger charge is -2.05. The van der Waals surface area contributed by atoms with Crippen LogP contribution in [0.4, 0.5) is 10.1 Å². The standard InChI is InChI=1S/C15H13FN4O/c1-2-20-14-7-6-10(8-13(14)18-19-20)15(21)17-12-5-3-4-11(16)9-12/h3-9H,2H2,1H3,(H,17,21). The molecular formula is C15H13FN4O. The largest absolute Gasteiger partial charge is 0.322 e. The highest BCUT2D eigenvalue weighted by Crippen LogP contribution is 2.16. The first-order chi connectivity index (χ1) is 10.2. The molecule has 0 fully saturated rings. The van der Waals surface area contributed by atoms with E-state index in [1.54, 1.807) is 35.0 Å². The summed E-state index contributed by atoms with van der Waals surface area (Å²) < 4.78 is 14.9. The Bertz CT molecular complexity index is 812. The average Bonchev–Trinajstić information content (AvgIpc) is 2.89.